The maximum Gasteiger partial charge on any atom is 0.129 e. The van der Waals surface area contributed by atoms with E-state index in [9.17, 15) is 8.78 Å². The highest BCUT2D eigenvalue weighted by atomic mass is 35.5. The number of halogens is 3. The lowest BCUT2D eigenvalue weighted by atomic mass is 10.1. The molecule has 12 heavy (non-hydrogen) atoms. The molecule has 0 N–H and O–H groups in total. The fourth-order valence-electron chi connectivity index (χ4n) is 0.893. The zero-order chi connectivity index (χ0) is 9.14. The Bertz CT molecular complexity index is 287. The van der Waals surface area contributed by atoms with Crippen LogP contribution in [0.25, 0.3) is 0 Å². The topological polar surface area (TPSA) is 0 Å². The molecule has 0 amide bonds. The van der Waals surface area contributed by atoms with Gasteiger partial charge in [-0.05, 0) is 12.1 Å². The molecule has 0 aliphatic carbocycles. The van der Waals surface area contributed by atoms with Crippen LogP contribution in [-0.2, 0) is 6.42 Å². The van der Waals surface area contributed by atoms with Gasteiger partial charge >= 0.3 is 0 Å². The van der Waals surface area contributed by atoms with Crippen LogP contribution in [0.1, 0.15) is 5.56 Å². The highest BCUT2D eigenvalue weighted by Crippen LogP contribution is 2.16. The van der Waals surface area contributed by atoms with Crippen LogP contribution in [-0.4, -0.2) is 0 Å². The van der Waals surface area contributed by atoms with Crippen LogP contribution in [0.15, 0.2) is 29.8 Å². The minimum atomic E-state index is -0.586. The van der Waals surface area contributed by atoms with Crippen molar-refractivity contribution in [3.05, 3.63) is 47.0 Å². The molecule has 1 aromatic carbocycles. The predicted molar refractivity (Wildman–Crippen MR) is 45.1 cm³/mol. The van der Waals surface area contributed by atoms with Crippen molar-refractivity contribution in [2.75, 3.05) is 0 Å². The van der Waals surface area contributed by atoms with E-state index in [1.807, 2.05) is 0 Å². The van der Waals surface area contributed by atoms with Gasteiger partial charge in [-0.2, -0.15) is 0 Å². The number of benzene rings is 1. The third kappa shape index (κ3) is 2.05. The molecule has 0 heterocycles. The van der Waals surface area contributed by atoms with E-state index in [2.05, 4.69) is 6.58 Å². The molecule has 1 rings (SSSR count). The number of rotatable bonds is 2. The first-order valence-corrected chi connectivity index (χ1v) is 3.75. The van der Waals surface area contributed by atoms with Crippen LogP contribution in [0.3, 0.4) is 0 Å². The second-order valence-corrected chi connectivity index (χ2v) is 2.93. The van der Waals surface area contributed by atoms with Crippen LogP contribution in [0.5, 0.6) is 0 Å². The first-order chi connectivity index (χ1) is 5.61. The normalized spacial score (nSPS) is 9.92. The molecular weight excluding hydrogens is 182 g/mol. The average molecular weight is 189 g/mol. The number of hydrogen-bond donors (Lipinski definition) is 0. The summed E-state index contributed by atoms with van der Waals surface area (Å²) in [5.74, 6) is -1.17. The van der Waals surface area contributed by atoms with Crippen LogP contribution in [0.2, 0.25) is 0 Å². The van der Waals surface area contributed by atoms with Gasteiger partial charge in [0.05, 0.1) is 0 Å². The van der Waals surface area contributed by atoms with Crippen LogP contribution in [0.4, 0.5) is 8.78 Å². The van der Waals surface area contributed by atoms with Gasteiger partial charge in [0.15, 0.2) is 0 Å². The van der Waals surface area contributed by atoms with Gasteiger partial charge in [0, 0.05) is 17.0 Å². The molecule has 0 aromatic heterocycles. The van der Waals surface area contributed by atoms with Crippen molar-refractivity contribution >= 4 is 11.6 Å². The van der Waals surface area contributed by atoms with Gasteiger partial charge in [-0.25, -0.2) is 8.78 Å². The Morgan fingerprint density at radius 3 is 2.25 bits per heavy atom. The van der Waals surface area contributed by atoms with E-state index < -0.39 is 11.6 Å². The fourth-order valence-corrected chi connectivity index (χ4v) is 1.03. The first-order valence-electron chi connectivity index (χ1n) is 3.37. The molecule has 64 valence electrons. The van der Waals surface area contributed by atoms with Crippen LogP contribution in [0, 0.1) is 11.6 Å². The van der Waals surface area contributed by atoms with Crippen molar-refractivity contribution in [2.24, 2.45) is 0 Å². The van der Waals surface area contributed by atoms with Crippen molar-refractivity contribution in [2.45, 2.75) is 6.42 Å². The summed E-state index contributed by atoms with van der Waals surface area (Å²) in [6.07, 6.45) is 0.0278. The highest BCUT2D eigenvalue weighted by molar-refractivity contribution is 6.29. The molecule has 0 aliphatic rings. The monoisotopic (exact) mass is 188 g/mol. The van der Waals surface area contributed by atoms with Crippen LogP contribution < -0.4 is 0 Å². The standard InChI is InChI=1S/C9H7ClF2/c1-6(10)5-7-8(11)3-2-4-9(7)12/h2-4H,1,5H2. The van der Waals surface area contributed by atoms with Gasteiger partial charge in [0.1, 0.15) is 11.6 Å². The molecule has 0 aliphatic heterocycles. The van der Waals surface area contributed by atoms with Gasteiger partial charge in [-0.15, -0.1) is 0 Å². The third-order valence-corrected chi connectivity index (χ3v) is 1.56. The Labute approximate surface area is 74.5 Å². The second kappa shape index (κ2) is 3.68. The highest BCUT2D eigenvalue weighted by Gasteiger charge is 2.07. The van der Waals surface area contributed by atoms with Crippen LogP contribution >= 0.6 is 11.6 Å². The molecule has 0 atom stereocenters. The van der Waals surface area contributed by atoms with E-state index in [4.69, 9.17) is 11.6 Å². The number of allylic oxidation sites excluding steroid dienone is 1. The predicted octanol–water partition coefficient (Wildman–Crippen LogP) is 3.26. The molecular formula is C9H7ClF2. The Kier molecular flexibility index (Phi) is 2.82. The molecule has 0 spiro atoms. The summed E-state index contributed by atoms with van der Waals surface area (Å²) in [5.41, 5.74) is -0.0301. The third-order valence-electron chi connectivity index (χ3n) is 1.43. The lowest BCUT2D eigenvalue weighted by molar-refractivity contribution is 0.562. The maximum absolute atomic E-state index is 12.9. The van der Waals surface area contributed by atoms with Crippen molar-refractivity contribution in [1.82, 2.24) is 0 Å². The fraction of sp³-hybridized carbons (Fsp3) is 0.111. The minimum Gasteiger partial charge on any atom is -0.207 e. The van der Waals surface area contributed by atoms with Crippen molar-refractivity contribution in [3.8, 4) is 0 Å². The Balaban J connectivity index is 3.04. The van der Waals surface area contributed by atoms with Gasteiger partial charge in [-0.3, -0.25) is 0 Å². The molecule has 0 saturated heterocycles. The summed E-state index contributed by atoms with van der Waals surface area (Å²) >= 11 is 5.43. The van der Waals surface area contributed by atoms with E-state index in [1.54, 1.807) is 0 Å². The molecule has 0 unspecified atom stereocenters. The Hall–Kier alpha value is -0.890. The average Bonchev–Trinajstić information content (AvgIpc) is 1.97. The Morgan fingerprint density at radius 2 is 1.83 bits per heavy atom. The zero-order valence-electron chi connectivity index (χ0n) is 6.28. The minimum absolute atomic E-state index is 0.0278. The Morgan fingerprint density at radius 1 is 1.33 bits per heavy atom. The second-order valence-electron chi connectivity index (χ2n) is 2.39. The van der Waals surface area contributed by atoms with E-state index in [0.717, 1.165) is 0 Å². The van der Waals surface area contributed by atoms with E-state index in [1.165, 1.54) is 18.2 Å². The summed E-state index contributed by atoms with van der Waals surface area (Å²) in [6, 6.07) is 3.70. The lowest BCUT2D eigenvalue weighted by Crippen LogP contribution is -1.94. The quantitative estimate of drug-likeness (QED) is 0.668. The zero-order valence-corrected chi connectivity index (χ0v) is 7.04. The van der Waals surface area contributed by atoms with Crippen molar-refractivity contribution in [3.63, 3.8) is 0 Å². The summed E-state index contributed by atoms with van der Waals surface area (Å²) in [7, 11) is 0. The summed E-state index contributed by atoms with van der Waals surface area (Å²) in [4.78, 5) is 0. The summed E-state index contributed by atoms with van der Waals surface area (Å²) in [6.45, 7) is 3.36. The molecule has 0 radical (unpaired) electrons. The van der Waals surface area contributed by atoms with Gasteiger partial charge in [0.2, 0.25) is 0 Å². The molecule has 0 saturated carbocycles. The molecule has 0 bridgehead atoms. The first kappa shape index (κ1) is 9.20. The molecule has 3 heteroatoms. The maximum atomic E-state index is 12.9. The van der Waals surface area contributed by atoms with Gasteiger partial charge in [0.25, 0.3) is 0 Å². The van der Waals surface area contributed by atoms with Gasteiger partial charge < -0.3 is 0 Å². The molecule has 0 nitrogen and oxygen atoms in total. The lowest BCUT2D eigenvalue weighted by Gasteiger charge is -2.01. The number of hydrogen-bond acceptors (Lipinski definition) is 0. The smallest absolute Gasteiger partial charge is 0.129 e. The molecule has 1 aromatic rings. The SMILES string of the molecule is C=C(Cl)Cc1c(F)cccc1F. The van der Waals surface area contributed by atoms with Crippen molar-refractivity contribution < 1.29 is 8.78 Å². The summed E-state index contributed by atoms with van der Waals surface area (Å²) < 4.78 is 25.7. The van der Waals surface area contributed by atoms with Crippen molar-refractivity contribution in [1.29, 1.82) is 0 Å². The molecule has 0 fully saturated rings. The van der Waals surface area contributed by atoms with Gasteiger partial charge in [-0.1, -0.05) is 24.2 Å². The van der Waals surface area contributed by atoms with E-state index in [-0.39, 0.29) is 17.0 Å². The largest absolute Gasteiger partial charge is 0.207 e. The van der Waals surface area contributed by atoms with E-state index >= 15 is 0 Å². The summed E-state index contributed by atoms with van der Waals surface area (Å²) in [5, 5.41) is 0.221. The van der Waals surface area contributed by atoms with E-state index in [0.29, 0.717) is 0 Å².